The number of halogens is 2. The molecule has 0 aliphatic carbocycles. The lowest BCUT2D eigenvalue weighted by Crippen LogP contribution is -2.09. The summed E-state index contributed by atoms with van der Waals surface area (Å²) in [5.74, 6) is -0.426. The molecule has 0 saturated heterocycles. The minimum atomic E-state index is -0.426. The van der Waals surface area contributed by atoms with E-state index in [1.165, 1.54) is 0 Å². The Morgan fingerprint density at radius 2 is 2.05 bits per heavy atom. The Hall–Kier alpha value is -1.72. The molecule has 3 N–H and O–H groups in total. The van der Waals surface area contributed by atoms with E-state index >= 15 is 0 Å². The first kappa shape index (κ1) is 15.7. The lowest BCUT2D eigenvalue weighted by molar-refractivity contribution is 0.0527. The predicted octanol–water partition coefficient (Wildman–Crippen LogP) is 4.61. The van der Waals surface area contributed by atoms with Crippen LogP contribution in [0.5, 0.6) is 0 Å². The molecule has 0 atom stereocenters. The topological polar surface area (TPSA) is 64.3 Å². The zero-order valence-electron chi connectivity index (χ0n) is 11.3. The normalized spacial score (nSPS) is 10.2. The van der Waals surface area contributed by atoms with Gasteiger partial charge < -0.3 is 15.8 Å². The van der Waals surface area contributed by atoms with E-state index in [9.17, 15) is 4.79 Å². The van der Waals surface area contributed by atoms with Gasteiger partial charge in [0.2, 0.25) is 0 Å². The van der Waals surface area contributed by atoms with Crippen molar-refractivity contribution in [3.8, 4) is 0 Å². The number of nitrogens with one attached hydrogen (secondary N) is 1. The van der Waals surface area contributed by atoms with Gasteiger partial charge >= 0.3 is 5.97 Å². The molecule has 2 aromatic carbocycles. The largest absolute Gasteiger partial charge is 0.462 e. The van der Waals surface area contributed by atoms with Gasteiger partial charge in [-0.25, -0.2) is 4.79 Å². The molecule has 0 bridgehead atoms. The van der Waals surface area contributed by atoms with Crippen LogP contribution in [0.4, 0.5) is 17.1 Å². The fourth-order valence-corrected chi connectivity index (χ4v) is 2.36. The van der Waals surface area contributed by atoms with Crippen LogP contribution in [0.25, 0.3) is 0 Å². The van der Waals surface area contributed by atoms with E-state index in [1.54, 1.807) is 37.3 Å². The first-order chi connectivity index (χ1) is 10.0. The van der Waals surface area contributed by atoms with Crippen molar-refractivity contribution in [3.05, 3.63) is 51.5 Å². The number of nitrogen functional groups attached to an aromatic ring is 1. The highest BCUT2D eigenvalue weighted by molar-refractivity contribution is 9.10. The number of anilines is 3. The zero-order valence-corrected chi connectivity index (χ0v) is 13.7. The van der Waals surface area contributed by atoms with E-state index in [0.717, 1.165) is 0 Å². The van der Waals surface area contributed by atoms with Gasteiger partial charge in [0.1, 0.15) is 0 Å². The SMILES string of the molecule is CCOC(=O)c1cccc(N)c1Nc1cccc(Cl)c1Br. The Balaban J connectivity index is 2.44. The molecule has 0 aliphatic heterocycles. The Bertz CT molecular complexity index is 677. The summed E-state index contributed by atoms with van der Waals surface area (Å²) in [6.45, 7) is 2.05. The molecule has 0 saturated carbocycles. The summed E-state index contributed by atoms with van der Waals surface area (Å²) in [7, 11) is 0. The van der Waals surface area contributed by atoms with Crippen LogP contribution < -0.4 is 11.1 Å². The van der Waals surface area contributed by atoms with Crippen molar-refractivity contribution in [1.29, 1.82) is 0 Å². The number of nitrogens with two attached hydrogens (primary N) is 1. The predicted molar refractivity (Wildman–Crippen MR) is 89.2 cm³/mol. The van der Waals surface area contributed by atoms with E-state index < -0.39 is 5.97 Å². The molecule has 0 unspecified atom stereocenters. The fraction of sp³-hybridized carbons (Fsp3) is 0.133. The van der Waals surface area contributed by atoms with Gasteiger partial charge in [-0.3, -0.25) is 0 Å². The second-order valence-corrected chi connectivity index (χ2v) is 5.42. The van der Waals surface area contributed by atoms with Crippen LogP contribution in [0.2, 0.25) is 5.02 Å². The summed E-state index contributed by atoms with van der Waals surface area (Å²) >= 11 is 9.47. The number of esters is 1. The number of hydrogen-bond acceptors (Lipinski definition) is 4. The standard InChI is InChI=1S/C15H14BrClN2O2/c1-2-21-15(20)9-5-3-7-11(18)14(9)19-12-8-4-6-10(17)13(12)16/h3-8,19H,2,18H2,1H3. The Morgan fingerprint density at radius 1 is 1.33 bits per heavy atom. The average Bonchev–Trinajstić information content (AvgIpc) is 2.46. The minimum absolute atomic E-state index is 0.300. The zero-order chi connectivity index (χ0) is 15.4. The van der Waals surface area contributed by atoms with Gasteiger partial charge in [-0.1, -0.05) is 23.7 Å². The van der Waals surface area contributed by atoms with E-state index in [-0.39, 0.29) is 0 Å². The number of para-hydroxylation sites is 1. The van der Waals surface area contributed by atoms with Crippen molar-refractivity contribution in [3.63, 3.8) is 0 Å². The molecule has 0 spiro atoms. The molecule has 0 radical (unpaired) electrons. The number of carbonyl (C=O) groups is 1. The molecular formula is C15H14BrClN2O2. The Morgan fingerprint density at radius 3 is 2.76 bits per heavy atom. The first-order valence-electron chi connectivity index (χ1n) is 6.31. The Kier molecular flexibility index (Phi) is 5.09. The fourth-order valence-electron chi connectivity index (χ4n) is 1.82. The van der Waals surface area contributed by atoms with Crippen LogP contribution in [0.15, 0.2) is 40.9 Å². The van der Waals surface area contributed by atoms with Gasteiger partial charge in [-0.2, -0.15) is 0 Å². The van der Waals surface area contributed by atoms with Crippen LogP contribution in [0.1, 0.15) is 17.3 Å². The van der Waals surface area contributed by atoms with Crippen molar-refractivity contribution in [1.82, 2.24) is 0 Å². The summed E-state index contributed by atoms with van der Waals surface area (Å²) in [6.07, 6.45) is 0. The third kappa shape index (κ3) is 3.49. The highest BCUT2D eigenvalue weighted by atomic mass is 79.9. The highest BCUT2D eigenvalue weighted by Gasteiger charge is 2.16. The second-order valence-electron chi connectivity index (χ2n) is 4.22. The molecule has 2 aromatic rings. The van der Waals surface area contributed by atoms with Crippen LogP contribution in [0.3, 0.4) is 0 Å². The maximum absolute atomic E-state index is 12.0. The number of hydrogen-bond donors (Lipinski definition) is 2. The van der Waals surface area contributed by atoms with Gasteiger partial charge in [0.25, 0.3) is 0 Å². The molecule has 6 heteroatoms. The molecule has 0 heterocycles. The lowest BCUT2D eigenvalue weighted by Gasteiger charge is -2.15. The second kappa shape index (κ2) is 6.83. The molecule has 0 aliphatic rings. The van der Waals surface area contributed by atoms with Crippen molar-refractivity contribution in [2.45, 2.75) is 6.92 Å². The first-order valence-corrected chi connectivity index (χ1v) is 7.48. The summed E-state index contributed by atoms with van der Waals surface area (Å²) in [6, 6.07) is 10.5. The summed E-state index contributed by atoms with van der Waals surface area (Å²) in [5, 5.41) is 3.69. The van der Waals surface area contributed by atoms with Gasteiger partial charge in [-0.15, -0.1) is 0 Å². The molecule has 21 heavy (non-hydrogen) atoms. The third-order valence-electron chi connectivity index (χ3n) is 2.80. The lowest BCUT2D eigenvalue weighted by atomic mass is 10.1. The maximum atomic E-state index is 12.0. The molecule has 0 fully saturated rings. The van der Waals surface area contributed by atoms with Crippen molar-refractivity contribution in [2.75, 3.05) is 17.7 Å². The van der Waals surface area contributed by atoms with E-state index in [1.807, 2.05) is 6.07 Å². The number of benzene rings is 2. The van der Waals surface area contributed by atoms with E-state index in [0.29, 0.717) is 38.7 Å². The summed E-state index contributed by atoms with van der Waals surface area (Å²) in [4.78, 5) is 12.0. The van der Waals surface area contributed by atoms with Crippen LogP contribution >= 0.6 is 27.5 Å². The monoisotopic (exact) mass is 368 g/mol. The summed E-state index contributed by atoms with van der Waals surface area (Å²) < 4.78 is 5.74. The van der Waals surface area contributed by atoms with Gasteiger partial charge in [0.05, 0.1) is 38.7 Å². The highest BCUT2D eigenvalue weighted by Crippen LogP contribution is 2.35. The number of ether oxygens (including phenoxy) is 1. The van der Waals surface area contributed by atoms with Gasteiger partial charge in [0, 0.05) is 0 Å². The van der Waals surface area contributed by atoms with Gasteiger partial charge in [-0.05, 0) is 47.1 Å². The molecular weight excluding hydrogens is 356 g/mol. The Labute approximate surface area is 136 Å². The molecule has 4 nitrogen and oxygen atoms in total. The third-order valence-corrected chi connectivity index (χ3v) is 4.20. The quantitative estimate of drug-likeness (QED) is 0.610. The smallest absolute Gasteiger partial charge is 0.340 e. The minimum Gasteiger partial charge on any atom is -0.462 e. The van der Waals surface area contributed by atoms with Crippen LogP contribution in [-0.2, 0) is 4.74 Å². The van der Waals surface area contributed by atoms with Crippen molar-refractivity contribution < 1.29 is 9.53 Å². The summed E-state index contributed by atoms with van der Waals surface area (Å²) in [5.41, 5.74) is 8.02. The van der Waals surface area contributed by atoms with Crippen molar-refractivity contribution in [2.24, 2.45) is 0 Å². The molecule has 0 amide bonds. The maximum Gasteiger partial charge on any atom is 0.340 e. The number of carbonyl (C=O) groups excluding carboxylic acids is 1. The van der Waals surface area contributed by atoms with Crippen molar-refractivity contribution >= 4 is 50.6 Å². The van der Waals surface area contributed by atoms with Gasteiger partial charge in [0.15, 0.2) is 0 Å². The molecule has 110 valence electrons. The average molecular weight is 370 g/mol. The van der Waals surface area contributed by atoms with E-state index in [2.05, 4.69) is 21.2 Å². The molecule has 2 rings (SSSR count). The van der Waals surface area contributed by atoms with Crippen LogP contribution in [-0.4, -0.2) is 12.6 Å². The molecule has 0 aromatic heterocycles. The van der Waals surface area contributed by atoms with Crippen LogP contribution in [0, 0.1) is 0 Å². The number of rotatable bonds is 4. The van der Waals surface area contributed by atoms with E-state index in [4.69, 9.17) is 22.1 Å².